The summed E-state index contributed by atoms with van der Waals surface area (Å²) in [6, 6.07) is -4.73. The lowest BCUT2D eigenvalue weighted by Gasteiger charge is -2.25. The lowest BCUT2D eigenvalue weighted by atomic mass is 10.0. The number of primary amides is 1. The van der Waals surface area contributed by atoms with E-state index >= 15 is 0 Å². The minimum atomic E-state index is -1.52. The van der Waals surface area contributed by atoms with Gasteiger partial charge in [0.05, 0.1) is 6.04 Å². The van der Waals surface area contributed by atoms with Gasteiger partial charge < -0.3 is 37.6 Å². The van der Waals surface area contributed by atoms with Crippen molar-refractivity contribution in [3.8, 4) is 0 Å². The van der Waals surface area contributed by atoms with Crippen molar-refractivity contribution in [2.45, 2.75) is 76.5 Å². The predicted octanol–water partition coefficient (Wildman–Crippen LogP) is -1.22. The molecule has 9 N–H and O–H groups in total. The first-order chi connectivity index (χ1) is 16.3. The van der Waals surface area contributed by atoms with Crippen molar-refractivity contribution in [1.29, 1.82) is 0 Å². The number of nitrogens with two attached hydrogens (primary N) is 2. The molecule has 0 bridgehead atoms. The Labute approximate surface area is 208 Å². The Morgan fingerprint density at radius 2 is 1.29 bits per heavy atom. The van der Waals surface area contributed by atoms with Crippen LogP contribution in [0.15, 0.2) is 0 Å². The Balaban J connectivity index is 5.54. The lowest BCUT2D eigenvalue weighted by molar-refractivity contribution is -0.143. The normalized spacial score (nSPS) is 14.3. The molecule has 0 aliphatic heterocycles. The Morgan fingerprint density at radius 3 is 1.74 bits per heavy atom. The van der Waals surface area contributed by atoms with E-state index in [1.807, 2.05) is 20.1 Å². The molecular weight excluding hydrogens is 482 g/mol. The Morgan fingerprint density at radius 1 is 0.800 bits per heavy atom. The molecule has 0 saturated heterocycles. The molecule has 14 heteroatoms. The minimum absolute atomic E-state index is 0.152. The van der Waals surface area contributed by atoms with Crippen molar-refractivity contribution in [2.75, 3.05) is 12.0 Å². The van der Waals surface area contributed by atoms with Crippen molar-refractivity contribution in [1.82, 2.24) is 16.0 Å². The summed E-state index contributed by atoms with van der Waals surface area (Å²) in [5.74, 6) is -4.96. The number of carbonyl (C=O) groups excluding carboxylic acids is 4. The molecule has 13 nitrogen and oxygen atoms in total. The maximum atomic E-state index is 13.0. The highest BCUT2D eigenvalue weighted by molar-refractivity contribution is 7.98. The van der Waals surface area contributed by atoms with Crippen LogP contribution >= 0.6 is 11.8 Å². The molecule has 4 amide bonds. The summed E-state index contributed by atoms with van der Waals surface area (Å²) in [7, 11) is 0. The smallest absolute Gasteiger partial charge is 0.326 e. The fourth-order valence-electron chi connectivity index (χ4n) is 3.02. The molecule has 0 aromatic rings. The number of nitrogens with one attached hydrogen (secondary N) is 3. The molecule has 0 saturated carbocycles. The molecule has 0 aromatic heterocycles. The van der Waals surface area contributed by atoms with Crippen LogP contribution in [0.5, 0.6) is 0 Å². The van der Waals surface area contributed by atoms with Gasteiger partial charge in [0.15, 0.2) is 0 Å². The van der Waals surface area contributed by atoms with Crippen LogP contribution in [0.25, 0.3) is 0 Å². The summed E-state index contributed by atoms with van der Waals surface area (Å²) in [5, 5.41) is 25.3. The first kappa shape index (κ1) is 32.1. The Kier molecular flexibility index (Phi) is 15.3. The van der Waals surface area contributed by atoms with Crippen molar-refractivity contribution >= 4 is 47.3 Å². The minimum Gasteiger partial charge on any atom is -0.481 e. The molecule has 0 aliphatic carbocycles. The predicted molar refractivity (Wildman–Crippen MR) is 129 cm³/mol. The van der Waals surface area contributed by atoms with E-state index in [2.05, 4.69) is 16.0 Å². The van der Waals surface area contributed by atoms with Gasteiger partial charge in [0, 0.05) is 12.8 Å². The van der Waals surface area contributed by atoms with Crippen LogP contribution in [0.3, 0.4) is 0 Å². The number of amides is 4. The van der Waals surface area contributed by atoms with E-state index in [1.165, 1.54) is 11.8 Å². The average Bonchev–Trinajstić information content (AvgIpc) is 2.75. The number of carboxylic acids is 2. The highest BCUT2D eigenvalue weighted by Gasteiger charge is 2.30. The zero-order chi connectivity index (χ0) is 27.1. The van der Waals surface area contributed by atoms with E-state index in [4.69, 9.17) is 16.6 Å². The summed E-state index contributed by atoms with van der Waals surface area (Å²) >= 11 is 1.44. The van der Waals surface area contributed by atoms with E-state index in [0.717, 1.165) is 0 Å². The number of carboxylic acid groups (broad SMARTS) is 2. The number of hydrogen-bond acceptors (Lipinski definition) is 8. The second-order valence-corrected chi connectivity index (χ2v) is 9.46. The Hall–Kier alpha value is -2.87. The van der Waals surface area contributed by atoms with E-state index < -0.39 is 66.2 Å². The molecule has 200 valence electrons. The standard InChI is InChI=1S/C21H37N5O8S/c1-11(2)10-12(22)18(30)24-14(8-9-35-3)20(32)25-13(4-6-16(23)27)19(31)26-15(21(33)34)5-7-17(28)29/h11-15H,4-10,22H2,1-3H3,(H2,23,27)(H,24,30)(H,25,32)(H,26,31)(H,28,29)(H,33,34). The monoisotopic (exact) mass is 519 g/mol. The van der Waals surface area contributed by atoms with E-state index in [1.54, 1.807) is 0 Å². The zero-order valence-electron chi connectivity index (χ0n) is 20.2. The van der Waals surface area contributed by atoms with Crippen LogP contribution in [0.2, 0.25) is 0 Å². The van der Waals surface area contributed by atoms with Gasteiger partial charge in [0.2, 0.25) is 23.6 Å². The number of rotatable bonds is 18. The molecule has 4 unspecified atom stereocenters. The number of aliphatic carboxylic acids is 2. The third-order valence-electron chi connectivity index (χ3n) is 4.88. The quantitative estimate of drug-likeness (QED) is 0.114. The second-order valence-electron chi connectivity index (χ2n) is 8.48. The van der Waals surface area contributed by atoms with E-state index in [-0.39, 0.29) is 31.6 Å². The number of hydrogen-bond donors (Lipinski definition) is 7. The van der Waals surface area contributed by atoms with Crippen LogP contribution in [0.1, 0.15) is 52.4 Å². The molecule has 0 heterocycles. The van der Waals surface area contributed by atoms with Crippen LogP contribution in [0.4, 0.5) is 0 Å². The van der Waals surface area contributed by atoms with E-state index in [9.17, 15) is 33.9 Å². The molecule has 0 spiro atoms. The fraction of sp³-hybridized carbons (Fsp3) is 0.714. The largest absolute Gasteiger partial charge is 0.481 e. The molecule has 4 atom stereocenters. The highest BCUT2D eigenvalue weighted by atomic mass is 32.2. The summed E-state index contributed by atoms with van der Waals surface area (Å²) in [6.45, 7) is 3.79. The molecule has 0 fully saturated rings. The summed E-state index contributed by atoms with van der Waals surface area (Å²) in [5.41, 5.74) is 11.0. The number of thioether (sulfide) groups is 1. The second kappa shape index (κ2) is 16.7. The van der Waals surface area contributed by atoms with Crippen LogP contribution < -0.4 is 27.4 Å². The molecular formula is C21H37N5O8S. The topological polar surface area (TPSA) is 231 Å². The van der Waals surface area contributed by atoms with Gasteiger partial charge in [-0.25, -0.2) is 4.79 Å². The van der Waals surface area contributed by atoms with Gasteiger partial charge in [-0.2, -0.15) is 11.8 Å². The molecule has 0 rings (SSSR count). The van der Waals surface area contributed by atoms with Crippen LogP contribution in [-0.2, 0) is 28.8 Å². The summed E-state index contributed by atoms with van der Waals surface area (Å²) < 4.78 is 0. The summed E-state index contributed by atoms with van der Waals surface area (Å²) in [4.78, 5) is 71.6. The van der Waals surface area contributed by atoms with Crippen molar-refractivity contribution in [3.05, 3.63) is 0 Å². The molecule has 35 heavy (non-hydrogen) atoms. The summed E-state index contributed by atoms with van der Waals surface area (Å²) in [6.07, 6.45) is 1.04. The average molecular weight is 520 g/mol. The lowest BCUT2D eigenvalue weighted by Crippen LogP contribution is -2.57. The van der Waals surface area contributed by atoms with Gasteiger partial charge in [-0.05, 0) is 43.6 Å². The van der Waals surface area contributed by atoms with Gasteiger partial charge in [0.1, 0.15) is 18.1 Å². The maximum Gasteiger partial charge on any atom is 0.326 e. The maximum absolute atomic E-state index is 13.0. The molecule has 0 radical (unpaired) electrons. The van der Waals surface area contributed by atoms with Gasteiger partial charge >= 0.3 is 11.9 Å². The van der Waals surface area contributed by atoms with Gasteiger partial charge in [-0.15, -0.1) is 0 Å². The van der Waals surface area contributed by atoms with Crippen molar-refractivity contribution < 1.29 is 39.0 Å². The van der Waals surface area contributed by atoms with Crippen molar-refractivity contribution in [2.24, 2.45) is 17.4 Å². The number of carbonyl (C=O) groups is 6. The SMILES string of the molecule is CSCCC(NC(=O)C(N)CC(C)C)C(=O)NC(CCC(N)=O)C(=O)NC(CCC(=O)O)C(=O)O. The Bertz CT molecular complexity index is 764. The van der Waals surface area contributed by atoms with Gasteiger partial charge in [-0.1, -0.05) is 13.8 Å². The van der Waals surface area contributed by atoms with Crippen LogP contribution in [0, 0.1) is 5.92 Å². The highest BCUT2D eigenvalue weighted by Crippen LogP contribution is 2.08. The molecule has 0 aliphatic rings. The van der Waals surface area contributed by atoms with Gasteiger partial charge in [0.25, 0.3) is 0 Å². The van der Waals surface area contributed by atoms with E-state index in [0.29, 0.717) is 12.2 Å². The van der Waals surface area contributed by atoms with Gasteiger partial charge in [-0.3, -0.25) is 24.0 Å². The van der Waals surface area contributed by atoms with Crippen molar-refractivity contribution in [3.63, 3.8) is 0 Å². The first-order valence-electron chi connectivity index (χ1n) is 11.2. The van der Waals surface area contributed by atoms with Crippen LogP contribution in [-0.4, -0.2) is 82.0 Å². The first-order valence-corrected chi connectivity index (χ1v) is 12.6. The fourth-order valence-corrected chi connectivity index (χ4v) is 3.49. The third-order valence-corrected chi connectivity index (χ3v) is 5.52. The third kappa shape index (κ3) is 14.2. The molecule has 0 aromatic carbocycles. The zero-order valence-corrected chi connectivity index (χ0v) is 21.1.